The van der Waals surface area contributed by atoms with Crippen molar-refractivity contribution in [1.82, 2.24) is 4.90 Å². The molecule has 0 aliphatic carbocycles. The second kappa shape index (κ2) is 14.1. The van der Waals surface area contributed by atoms with Gasteiger partial charge in [-0.3, -0.25) is 14.5 Å². The summed E-state index contributed by atoms with van der Waals surface area (Å²) in [4.78, 5) is 36.5. The summed E-state index contributed by atoms with van der Waals surface area (Å²) < 4.78 is 5.50. The van der Waals surface area contributed by atoms with Gasteiger partial charge in [-0.2, -0.15) is 5.26 Å². The Morgan fingerprint density at radius 3 is 2.10 bits per heavy atom. The number of imide groups is 1. The van der Waals surface area contributed by atoms with Crippen molar-refractivity contribution in [2.75, 3.05) is 6.54 Å². The Labute approximate surface area is 179 Å². The maximum atomic E-state index is 12.4. The second-order valence-corrected chi connectivity index (χ2v) is 6.97. The van der Waals surface area contributed by atoms with E-state index in [0.29, 0.717) is 24.3 Å². The first-order valence-corrected chi connectivity index (χ1v) is 10.8. The zero-order chi connectivity index (χ0) is 22.4. The largest absolute Gasteiger partial charge is 0.451 e. The van der Waals surface area contributed by atoms with E-state index in [-0.39, 0.29) is 17.4 Å². The van der Waals surface area contributed by atoms with Gasteiger partial charge in [0.1, 0.15) is 11.5 Å². The Morgan fingerprint density at radius 2 is 1.53 bits per heavy atom. The van der Waals surface area contributed by atoms with Crippen LogP contribution in [0.3, 0.4) is 0 Å². The molecule has 0 aromatic heterocycles. The Hall–Kier alpha value is -2.94. The van der Waals surface area contributed by atoms with Gasteiger partial charge in [-0.15, -0.1) is 0 Å². The molecule has 1 aliphatic heterocycles. The number of ketones is 1. The quantitative estimate of drug-likeness (QED) is 0.359. The monoisotopic (exact) mass is 412 g/mol. The van der Waals surface area contributed by atoms with Gasteiger partial charge < -0.3 is 9.53 Å². The number of nitrogens with zero attached hydrogens (tertiary/aromatic N) is 2. The van der Waals surface area contributed by atoms with Gasteiger partial charge >= 0.3 is 0 Å². The van der Waals surface area contributed by atoms with E-state index >= 15 is 0 Å². The highest BCUT2D eigenvalue weighted by atomic mass is 16.5. The number of unbranched alkanes of at least 4 members (excludes halogenated alkanes) is 6. The molecule has 0 bridgehead atoms. The summed E-state index contributed by atoms with van der Waals surface area (Å²) in [5.74, 6) is -0.0919. The van der Waals surface area contributed by atoms with Crippen LogP contribution in [-0.4, -0.2) is 29.0 Å². The standard InChI is InChI=1S/C22H26N2O4.C2H6/c1-17(25)9-7-5-3-2-4-6-8-14-24-21(26)15-20(22(24)27)28-19-12-10-18(16-23)11-13-19;1-2/h10-13,15H,2-9,14H2,1H3;1-2H3. The first-order valence-electron chi connectivity index (χ1n) is 10.8. The van der Waals surface area contributed by atoms with Crippen molar-refractivity contribution in [3.63, 3.8) is 0 Å². The fourth-order valence-corrected chi connectivity index (χ4v) is 3.02. The van der Waals surface area contributed by atoms with Crippen LogP contribution in [-0.2, 0) is 14.4 Å². The number of rotatable bonds is 12. The van der Waals surface area contributed by atoms with Gasteiger partial charge in [0.2, 0.25) is 0 Å². The van der Waals surface area contributed by atoms with Crippen molar-refractivity contribution in [3.05, 3.63) is 41.7 Å². The Morgan fingerprint density at radius 1 is 0.967 bits per heavy atom. The van der Waals surface area contributed by atoms with Crippen LogP contribution >= 0.6 is 0 Å². The molecule has 6 nitrogen and oxygen atoms in total. The highest BCUT2D eigenvalue weighted by Crippen LogP contribution is 2.20. The molecule has 2 amide bonds. The Balaban J connectivity index is 0.00000218. The number of nitriles is 1. The van der Waals surface area contributed by atoms with Crippen LogP contribution in [0.15, 0.2) is 36.1 Å². The molecular weight excluding hydrogens is 380 g/mol. The number of amides is 2. The van der Waals surface area contributed by atoms with Crippen LogP contribution in [0.1, 0.15) is 77.7 Å². The fraction of sp³-hybridized carbons (Fsp3) is 0.500. The summed E-state index contributed by atoms with van der Waals surface area (Å²) in [5, 5.41) is 8.80. The van der Waals surface area contributed by atoms with Crippen LogP contribution in [0.4, 0.5) is 0 Å². The molecule has 0 spiro atoms. The lowest BCUT2D eigenvalue weighted by atomic mass is 10.1. The van der Waals surface area contributed by atoms with Crippen molar-refractivity contribution in [2.45, 2.75) is 72.1 Å². The number of carbonyl (C=O) groups is 3. The van der Waals surface area contributed by atoms with Crippen molar-refractivity contribution in [1.29, 1.82) is 5.26 Å². The molecule has 0 atom stereocenters. The number of hydrogen-bond acceptors (Lipinski definition) is 5. The van der Waals surface area contributed by atoms with Gasteiger partial charge in [0, 0.05) is 13.0 Å². The SMILES string of the molecule is CC.CC(=O)CCCCCCCCCN1C(=O)C=C(Oc2ccc(C#N)cc2)C1=O. The molecule has 0 saturated carbocycles. The van der Waals surface area contributed by atoms with Crippen molar-refractivity contribution < 1.29 is 19.1 Å². The summed E-state index contributed by atoms with van der Waals surface area (Å²) in [6.07, 6.45) is 8.90. The average molecular weight is 413 g/mol. The number of carbonyl (C=O) groups excluding carboxylic acids is 3. The molecule has 6 heteroatoms. The van der Waals surface area contributed by atoms with Crippen molar-refractivity contribution in [3.8, 4) is 11.8 Å². The predicted octanol–water partition coefficient (Wildman–Crippen LogP) is 4.93. The van der Waals surface area contributed by atoms with Crippen LogP contribution in [0.2, 0.25) is 0 Å². The number of Topliss-reactive ketones (excluding diaryl/α,β-unsaturated/α-hetero) is 1. The summed E-state index contributed by atoms with van der Waals surface area (Å²) in [7, 11) is 0. The van der Waals surface area contributed by atoms with Gasteiger partial charge in [0.25, 0.3) is 11.8 Å². The third-order valence-corrected chi connectivity index (χ3v) is 4.60. The summed E-state index contributed by atoms with van der Waals surface area (Å²) >= 11 is 0. The molecule has 1 aromatic rings. The fourth-order valence-electron chi connectivity index (χ4n) is 3.02. The van der Waals surface area contributed by atoms with Gasteiger partial charge in [-0.25, -0.2) is 0 Å². The first-order chi connectivity index (χ1) is 14.5. The summed E-state index contributed by atoms with van der Waals surface area (Å²) in [5.41, 5.74) is 0.496. The van der Waals surface area contributed by atoms with Crippen molar-refractivity contribution >= 4 is 17.6 Å². The maximum absolute atomic E-state index is 12.4. The molecule has 0 radical (unpaired) electrons. The number of ether oxygens (including phenoxy) is 1. The van der Waals surface area contributed by atoms with E-state index < -0.39 is 5.91 Å². The van der Waals surface area contributed by atoms with E-state index in [0.717, 1.165) is 44.9 Å². The summed E-state index contributed by atoms with van der Waals surface area (Å²) in [6, 6.07) is 8.38. The minimum atomic E-state index is -0.418. The zero-order valence-corrected chi connectivity index (χ0v) is 18.3. The van der Waals surface area contributed by atoms with E-state index in [1.54, 1.807) is 31.2 Å². The van der Waals surface area contributed by atoms with E-state index in [2.05, 4.69) is 0 Å². The third-order valence-electron chi connectivity index (χ3n) is 4.60. The lowest BCUT2D eigenvalue weighted by molar-refractivity contribution is -0.138. The molecule has 1 aliphatic rings. The van der Waals surface area contributed by atoms with Crippen LogP contribution in [0.5, 0.6) is 5.75 Å². The normalized spacial score (nSPS) is 12.7. The lowest BCUT2D eigenvalue weighted by Gasteiger charge is -2.14. The van der Waals surface area contributed by atoms with E-state index in [1.165, 1.54) is 11.0 Å². The van der Waals surface area contributed by atoms with Crippen LogP contribution in [0, 0.1) is 11.3 Å². The number of hydrogen-bond donors (Lipinski definition) is 0. The minimum Gasteiger partial charge on any atom is -0.451 e. The molecule has 1 aromatic carbocycles. The van der Waals surface area contributed by atoms with Gasteiger partial charge in [0.15, 0.2) is 5.76 Å². The average Bonchev–Trinajstić information content (AvgIpc) is 3.01. The molecule has 0 unspecified atom stereocenters. The van der Waals surface area contributed by atoms with E-state index in [1.807, 2.05) is 19.9 Å². The predicted molar refractivity (Wildman–Crippen MR) is 116 cm³/mol. The Kier molecular flexibility index (Phi) is 11.8. The molecule has 30 heavy (non-hydrogen) atoms. The van der Waals surface area contributed by atoms with Crippen LogP contribution in [0.25, 0.3) is 0 Å². The highest BCUT2D eigenvalue weighted by Gasteiger charge is 2.32. The number of benzene rings is 1. The van der Waals surface area contributed by atoms with E-state index in [4.69, 9.17) is 10.00 Å². The second-order valence-electron chi connectivity index (χ2n) is 6.97. The molecule has 2 rings (SSSR count). The van der Waals surface area contributed by atoms with Crippen molar-refractivity contribution in [2.24, 2.45) is 0 Å². The van der Waals surface area contributed by atoms with Gasteiger partial charge in [-0.05, 0) is 44.0 Å². The molecule has 0 saturated heterocycles. The van der Waals surface area contributed by atoms with Crippen LogP contribution < -0.4 is 4.74 Å². The van der Waals surface area contributed by atoms with Gasteiger partial charge in [0.05, 0.1) is 17.7 Å². The molecule has 0 fully saturated rings. The lowest BCUT2D eigenvalue weighted by Crippen LogP contribution is -2.32. The molecular formula is C24H32N2O4. The molecule has 162 valence electrons. The smallest absolute Gasteiger partial charge is 0.296 e. The zero-order valence-electron chi connectivity index (χ0n) is 18.3. The van der Waals surface area contributed by atoms with E-state index in [9.17, 15) is 14.4 Å². The topological polar surface area (TPSA) is 87.5 Å². The first kappa shape index (κ1) is 25.1. The highest BCUT2D eigenvalue weighted by molar-refractivity contribution is 6.15. The molecule has 0 N–H and O–H groups in total. The molecule has 1 heterocycles. The third kappa shape index (κ3) is 8.60. The maximum Gasteiger partial charge on any atom is 0.296 e. The Bertz CT molecular complexity index is 775. The minimum absolute atomic E-state index is 0.0141. The summed E-state index contributed by atoms with van der Waals surface area (Å²) in [6.45, 7) is 6.01. The van der Waals surface area contributed by atoms with Gasteiger partial charge in [-0.1, -0.05) is 46.0 Å².